The average Bonchev–Trinajstić information content (AvgIpc) is 2.68. The molecule has 0 spiro atoms. The summed E-state index contributed by atoms with van der Waals surface area (Å²) in [7, 11) is -2.37. The van der Waals surface area contributed by atoms with E-state index in [0.29, 0.717) is 5.02 Å². The molecule has 6 heteroatoms. The molecule has 3 rings (SSSR count). The smallest absolute Gasteiger partial charge is 0.247 e. The van der Waals surface area contributed by atoms with E-state index in [1.165, 1.54) is 23.5 Å². The molecule has 0 amide bonds. The molecule has 0 unspecified atom stereocenters. The number of benzene rings is 3. The maximum atomic E-state index is 13.4. The highest BCUT2D eigenvalue weighted by Crippen LogP contribution is 2.31. The van der Waals surface area contributed by atoms with Crippen molar-refractivity contribution >= 4 is 21.6 Å². The fourth-order valence-corrected chi connectivity index (χ4v) is 4.51. The van der Waals surface area contributed by atoms with Crippen LogP contribution >= 0.6 is 11.6 Å². The second kappa shape index (κ2) is 8.57. The van der Waals surface area contributed by atoms with Crippen LogP contribution in [0.5, 0.6) is 5.75 Å². The molecule has 0 heterocycles. The highest BCUT2D eigenvalue weighted by atomic mass is 35.5. The summed E-state index contributed by atoms with van der Waals surface area (Å²) < 4.78 is 33.6. The van der Waals surface area contributed by atoms with E-state index in [2.05, 4.69) is 0 Å². The molecular weight excluding hydrogens is 382 g/mol. The Balaban J connectivity index is 2.02. The first-order chi connectivity index (χ1) is 13.0. The van der Waals surface area contributed by atoms with Gasteiger partial charge in [0.2, 0.25) is 10.0 Å². The number of sulfonamides is 1. The van der Waals surface area contributed by atoms with E-state index in [-0.39, 0.29) is 23.7 Å². The summed E-state index contributed by atoms with van der Waals surface area (Å²) in [5.41, 5.74) is 1.81. The average molecular weight is 402 g/mol. The van der Waals surface area contributed by atoms with Crippen LogP contribution in [0.25, 0.3) is 0 Å². The van der Waals surface area contributed by atoms with Gasteiger partial charge in [-0.15, -0.1) is 0 Å². The summed E-state index contributed by atoms with van der Waals surface area (Å²) >= 11 is 6.00. The van der Waals surface area contributed by atoms with Crippen LogP contribution in [-0.4, -0.2) is 19.8 Å². The predicted octanol–water partition coefficient (Wildman–Crippen LogP) is 4.74. The molecule has 0 aromatic heterocycles. The highest BCUT2D eigenvalue weighted by molar-refractivity contribution is 7.89. The van der Waals surface area contributed by atoms with Crippen molar-refractivity contribution in [2.75, 3.05) is 7.11 Å². The van der Waals surface area contributed by atoms with Crippen LogP contribution in [0, 0.1) is 0 Å². The van der Waals surface area contributed by atoms with Crippen LogP contribution in [0.1, 0.15) is 11.1 Å². The quantitative estimate of drug-likeness (QED) is 0.574. The van der Waals surface area contributed by atoms with Gasteiger partial charge >= 0.3 is 0 Å². The second-order valence-electron chi connectivity index (χ2n) is 6.04. The van der Waals surface area contributed by atoms with E-state index in [4.69, 9.17) is 16.3 Å². The minimum Gasteiger partial charge on any atom is -0.495 e. The van der Waals surface area contributed by atoms with Gasteiger partial charge in [-0.3, -0.25) is 0 Å². The van der Waals surface area contributed by atoms with Gasteiger partial charge in [-0.05, 0) is 23.3 Å². The lowest BCUT2D eigenvalue weighted by Gasteiger charge is -2.23. The van der Waals surface area contributed by atoms with Gasteiger partial charge in [0.1, 0.15) is 10.6 Å². The van der Waals surface area contributed by atoms with Crippen LogP contribution in [0.4, 0.5) is 0 Å². The molecule has 0 aliphatic rings. The molecule has 0 radical (unpaired) electrons. The molecule has 0 aliphatic carbocycles. The molecule has 0 fully saturated rings. The van der Waals surface area contributed by atoms with Crippen molar-refractivity contribution in [3.63, 3.8) is 0 Å². The first kappa shape index (κ1) is 19.4. The molecule has 4 nitrogen and oxygen atoms in total. The van der Waals surface area contributed by atoms with Crippen molar-refractivity contribution in [2.24, 2.45) is 0 Å². The number of methoxy groups -OCH3 is 1. The van der Waals surface area contributed by atoms with Gasteiger partial charge in [0, 0.05) is 24.2 Å². The molecule has 3 aromatic rings. The van der Waals surface area contributed by atoms with Gasteiger partial charge < -0.3 is 4.74 Å². The third kappa shape index (κ3) is 4.69. The van der Waals surface area contributed by atoms with Gasteiger partial charge in [0.25, 0.3) is 0 Å². The molecule has 27 heavy (non-hydrogen) atoms. The summed E-state index contributed by atoms with van der Waals surface area (Å²) in [6.07, 6.45) is 0. The topological polar surface area (TPSA) is 46.6 Å². The monoisotopic (exact) mass is 401 g/mol. The van der Waals surface area contributed by atoms with Gasteiger partial charge in [-0.25, -0.2) is 8.42 Å². The number of hydrogen-bond acceptors (Lipinski definition) is 3. The van der Waals surface area contributed by atoms with E-state index in [9.17, 15) is 8.42 Å². The molecular formula is C21H20ClNO3S. The summed E-state index contributed by atoms with van der Waals surface area (Å²) in [6, 6.07) is 23.6. The Hall–Kier alpha value is -2.34. The maximum absolute atomic E-state index is 13.4. The Kier molecular flexibility index (Phi) is 6.16. The van der Waals surface area contributed by atoms with Crippen LogP contribution in [0.2, 0.25) is 5.02 Å². The molecule has 0 saturated heterocycles. The molecule has 140 valence electrons. The Morgan fingerprint density at radius 3 is 1.85 bits per heavy atom. The molecule has 0 saturated carbocycles. The maximum Gasteiger partial charge on any atom is 0.247 e. The largest absolute Gasteiger partial charge is 0.495 e. The summed E-state index contributed by atoms with van der Waals surface area (Å²) in [5, 5.41) is 0.420. The second-order valence-corrected chi connectivity index (χ2v) is 8.38. The lowest BCUT2D eigenvalue weighted by atomic mass is 10.2. The zero-order chi connectivity index (χ0) is 19.3. The number of hydrogen-bond donors (Lipinski definition) is 0. The molecule has 0 aliphatic heterocycles. The lowest BCUT2D eigenvalue weighted by Crippen LogP contribution is -2.30. The summed E-state index contributed by atoms with van der Waals surface area (Å²) in [4.78, 5) is 0.0984. The standard InChI is InChI=1S/C21H20ClNO3S/c1-26-20-14-19(22)12-13-21(20)27(24,25)23(15-17-8-4-2-5-9-17)16-18-10-6-3-7-11-18/h2-14H,15-16H2,1H3. The number of nitrogens with zero attached hydrogens (tertiary/aromatic N) is 1. The Bertz CT molecular complexity index is 951. The minimum atomic E-state index is -3.81. The van der Waals surface area contributed by atoms with Crippen molar-refractivity contribution in [1.82, 2.24) is 4.31 Å². The molecule has 0 N–H and O–H groups in total. The van der Waals surface area contributed by atoms with E-state index in [0.717, 1.165) is 11.1 Å². The summed E-state index contributed by atoms with van der Waals surface area (Å²) in [6.45, 7) is 0.508. The zero-order valence-corrected chi connectivity index (χ0v) is 16.5. The van der Waals surface area contributed by atoms with Crippen molar-refractivity contribution < 1.29 is 13.2 Å². The third-order valence-corrected chi connectivity index (χ3v) is 6.21. The SMILES string of the molecule is COc1cc(Cl)ccc1S(=O)(=O)N(Cc1ccccc1)Cc1ccccc1. The number of rotatable bonds is 7. The van der Waals surface area contributed by atoms with E-state index >= 15 is 0 Å². The van der Waals surface area contributed by atoms with Gasteiger partial charge in [0.05, 0.1) is 7.11 Å². The Labute approximate surface area is 165 Å². The van der Waals surface area contributed by atoms with Gasteiger partial charge in [0.15, 0.2) is 0 Å². The fraction of sp³-hybridized carbons (Fsp3) is 0.143. The van der Waals surface area contributed by atoms with Crippen molar-refractivity contribution in [3.05, 3.63) is 95.0 Å². The van der Waals surface area contributed by atoms with Crippen LogP contribution in [-0.2, 0) is 23.1 Å². The first-order valence-corrected chi connectivity index (χ1v) is 10.2. The van der Waals surface area contributed by atoms with Crippen LogP contribution < -0.4 is 4.74 Å². The Morgan fingerprint density at radius 1 is 0.852 bits per heavy atom. The highest BCUT2D eigenvalue weighted by Gasteiger charge is 2.28. The summed E-state index contributed by atoms with van der Waals surface area (Å²) in [5.74, 6) is 0.230. The predicted molar refractivity (Wildman–Crippen MR) is 107 cm³/mol. The molecule has 0 bridgehead atoms. The fourth-order valence-electron chi connectivity index (χ4n) is 2.79. The zero-order valence-electron chi connectivity index (χ0n) is 14.9. The van der Waals surface area contributed by atoms with Crippen molar-refractivity contribution in [3.8, 4) is 5.75 Å². The van der Waals surface area contributed by atoms with Gasteiger partial charge in [-0.2, -0.15) is 4.31 Å². The Morgan fingerprint density at radius 2 is 1.37 bits per heavy atom. The number of halogens is 1. The molecule has 3 aromatic carbocycles. The first-order valence-electron chi connectivity index (χ1n) is 8.42. The van der Waals surface area contributed by atoms with Crippen molar-refractivity contribution in [1.29, 1.82) is 0 Å². The molecule has 0 atom stereocenters. The van der Waals surface area contributed by atoms with Gasteiger partial charge in [-0.1, -0.05) is 72.3 Å². The van der Waals surface area contributed by atoms with E-state index in [1.54, 1.807) is 6.07 Å². The normalized spacial score (nSPS) is 11.5. The van der Waals surface area contributed by atoms with Crippen LogP contribution in [0.3, 0.4) is 0 Å². The van der Waals surface area contributed by atoms with Crippen LogP contribution in [0.15, 0.2) is 83.8 Å². The third-order valence-electron chi connectivity index (χ3n) is 4.15. The van der Waals surface area contributed by atoms with Crippen molar-refractivity contribution in [2.45, 2.75) is 18.0 Å². The number of ether oxygens (including phenoxy) is 1. The lowest BCUT2D eigenvalue weighted by molar-refractivity contribution is 0.383. The minimum absolute atomic E-state index is 0.0984. The van der Waals surface area contributed by atoms with E-state index < -0.39 is 10.0 Å². The van der Waals surface area contributed by atoms with E-state index in [1.807, 2.05) is 60.7 Å².